The van der Waals surface area contributed by atoms with Crippen molar-refractivity contribution in [1.29, 1.82) is 0 Å². The molecule has 0 fully saturated rings. The Morgan fingerprint density at radius 2 is 1.58 bits per heavy atom. The van der Waals surface area contributed by atoms with Crippen molar-refractivity contribution in [3.63, 3.8) is 0 Å². The Labute approximate surface area is 182 Å². The monoisotopic (exact) mass is 452 g/mol. The summed E-state index contributed by atoms with van der Waals surface area (Å²) in [5, 5.41) is 2.81. The molecular weight excluding hydrogens is 424 g/mol. The van der Waals surface area contributed by atoms with Gasteiger partial charge < -0.3 is 24.3 Å². The van der Waals surface area contributed by atoms with Crippen LogP contribution >= 0.6 is 0 Å². The summed E-state index contributed by atoms with van der Waals surface area (Å²) < 4.78 is 46.8. The van der Waals surface area contributed by atoms with Crippen LogP contribution in [0.4, 0.5) is 5.69 Å². The number of amides is 1. The van der Waals surface area contributed by atoms with Crippen LogP contribution in [0, 0.1) is 0 Å². The minimum atomic E-state index is -3.77. The maximum atomic E-state index is 12.7. The number of methoxy groups -OCH3 is 4. The molecule has 0 aromatic heterocycles. The van der Waals surface area contributed by atoms with Crippen LogP contribution in [0.25, 0.3) is 0 Å². The zero-order valence-corrected chi connectivity index (χ0v) is 19.3. The van der Waals surface area contributed by atoms with Crippen molar-refractivity contribution in [3.8, 4) is 23.0 Å². The van der Waals surface area contributed by atoms with Gasteiger partial charge in [0.15, 0.2) is 11.5 Å². The fourth-order valence-corrected chi connectivity index (χ4v) is 3.85. The van der Waals surface area contributed by atoms with E-state index in [0.717, 1.165) is 16.1 Å². The van der Waals surface area contributed by atoms with Crippen LogP contribution < -0.4 is 28.6 Å². The van der Waals surface area contributed by atoms with Gasteiger partial charge in [-0.05, 0) is 36.8 Å². The topological polar surface area (TPSA) is 103 Å². The number of hydrogen-bond donors (Lipinski definition) is 1. The number of rotatable bonds is 10. The molecule has 2 aromatic carbocycles. The van der Waals surface area contributed by atoms with E-state index in [2.05, 4.69) is 5.32 Å². The third-order valence-electron chi connectivity index (χ3n) is 4.63. The smallest absolute Gasteiger partial charge is 0.241 e. The fourth-order valence-electron chi connectivity index (χ4n) is 3.00. The molecule has 0 radical (unpaired) electrons. The summed E-state index contributed by atoms with van der Waals surface area (Å²) in [5.41, 5.74) is 1.01. The van der Waals surface area contributed by atoms with Gasteiger partial charge in [-0.2, -0.15) is 0 Å². The van der Waals surface area contributed by atoms with Gasteiger partial charge in [-0.15, -0.1) is 0 Å². The van der Waals surface area contributed by atoms with Crippen molar-refractivity contribution in [2.45, 2.75) is 13.0 Å². The number of benzene rings is 2. The van der Waals surface area contributed by atoms with Gasteiger partial charge in [-0.1, -0.05) is 6.07 Å². The van der Waals surface area contributed by atoms with E-state index in [1.165, 1.54) is 34.5 Å². The van der Waals surface area contributed by atoms with Crippen molar-refractivity contribution in [2.75, 3.05) is 45.5 Å². The molecule has 1 atom stereocenters. The first-order chi connectivity index (χ1) is 14.6. The molecule has 0 aliphatic rings. The number of nitrogens with one attached hydrogen (secondary N) is 1. The normalized spacial score (nSPS) is 11.9. The van der Waals surface area contributed by atoms with Crippen molar-refractivity contribution in [2.24, 2.45) is 0 Å². The maximum absolute atomic E-state index is 12.7. The minimum absolute atomic E-state index is 0.236. The van der Waals surface area contributed by atoms with E-state index in [-0.39, 0.29) is 11.4 Å². The zero-order valence-electron chi connectivity index (χ0n) is 18.5. The van der Waals surface area contributed by atoms with E-state index >= 15 is 0 Å². The summed E-state index contributed by atoms with van der Waals surface area (Å²) in [6.45, 7) is 1.37. The number of sulfonamides is 1. The Kier molecular flexibility index (Phi) is 7.98. The highest BCUT2D eigenvalue weighted by atomic mass is 32.2. The lowest BCUT2D eigenvalue weighted by Gasteiger charge is -2.25. The Morgan fingerprint density at radius 1 is 0.935 bits per heavy atom. The van der Waals surface area contributed by atoms with Crippen LogP contribution in [0.15, 0.2) is 36.4 Å². The molecule has 10 heteroatoms. The second-order valence-electron chi connectivity index (χ2n) is 6.71. The van der Waals surface area contributed by atoms with Crippen LogP contribution in [-0.2, 0) is 14.8 Å². The highest BCUT2D eigenvalue weighted by Gasteiger charge is 2.25. The van der Waals surface area contributed by atoms with Gasteiger partial charge in [0.1, 0.15) is 18.0 Å². The van der Waals surface area contributed by atoms with Crippen LogP contribution in [0.2, 0.25) is 0 Å². The lowest BCUT2D eigenvalue weighted by molar-refractivity contribution is -0.120. The molecule has 0 aliphatic heterocycles. The van der Waals surface area contributed by atoms with Crippen molar-refractivity contribution in [1.82, 2.24) is 5.32 Å². The summed E-state index contributed by atoms with van der Waals surface area (Å²) >= 11 is 0. The highest BCUT2D eigenvalue weighted by molar-refractivity contribution is 7.92. The molecule has 31 heavy (non-hydrogen) atoms. The van der Waals surface area contributed by atoms with Gasteiger partial charge in [0, 0.05) is 6.07 Å². The average molecular weight is 453 g/mol. The Balaban J connectivity index is 2.24. The van der Waals surface area contributed by atoms with Crippen molar-refractivity contribution >= 4 is 21.6 Å². The Morgan fingerprint density at radius 3 is 2.13 bits per heavy atom. The second kappa shape index (κ2) is 10.3. The summed E-state index contributed by atoms with van der Waals surface area (Å²) in [6, 6.07) is 9.58. The summed E-state index contributed by atoms with van der Waals surface area (Å²) in [7, 11) is 2.20. The largest absolute Gasteiger partial charge is 0.497 e. The summed E-state index contributed by atoms with van der Waals surface area (Å²) in [6.07, 6.45) is 1.03. The number of carbonyl (C=O) groups is 1. The number of nitrogens with zero attached hydrogens (tertiary/aromatic N) is 1. The van der Waals surface area contributed by atoms with Gasteiger partial charge in [0.2, 0.25) is 15.9 Å². The molecule has 0 saturated carbocycles. The van der Waals surface area contributed by atoms with E-state index in [0.29, 0.717) is 17.2 Å². The van der Waals surface area contributed by atoms with E-state index < -0.39 is 28.5 Å². The third-order valence-corrected chi connectivity index (χ3v) is 5.75. The quantitative estimate of drug-likeness (QED) is 0.590. The molecule has 0 aliphatic carbocycles. The minimum Gasteiger partial charge on any atom is -0.497 e. The molecule has 0 saturated heterocycles. The predicted octanol–water partition coefficient (Wildman–Crippen LogP) is 2.36. The summed E-state index contributed by atoms with van der Waals surface area (Å²) in [4.78, 5) is 12.7. The van der Waals surface area contributed by atoms with E-state index in [4.69, 9.17) is 18.9 Å². The van der Waals surface area contributed by atoms with E-state index in [1.807, 2.05) is 0 Å². The summed E-state index contributed by atoms with van der Waals surface area (Å²) in [5.74, 6) is 1.39. The molecule has 0 heterocycles. The first-order valence-electron chi connectivity index (χ1n) is 9.35. The first-order valence-corrected chi connectivity index (χ1v) is 11.2. The highest BCUT2D eigenvalue weighted by Crippen LogP contribution is 2.34. The van der Waals surface area contributed by atoms with Gasteiger partial charge in [0.25, 0.3) is 0 Å². The average Bonchev–Trinajstić information content (AvgIpc) is 2.75. The zero-order chi connectivity index (χ0) is 23.2. The molecule has 2 rings (SSSR count). The molecule has 2 aromatic rings. The lowest BCUT2D eigenvalue weighted by atomic mass is 10.1. The lowest BCUT2D eigenvalue weighted by Crippen LogP contribution is -2.41. The molecular formula is C21H28N2O7S. The molecule has 0 spiro atoms. The van der Waals surface area contributed by atoms with Gasteiger partial charge >= 0.3 is 0 Å². The van der Waals surface area contributed by atoms with Crippen molar-refractivity contribution in [3.05, 3.63) is 42.0 Å². The molecule has 1 amide bonds. The Bertz CT molecular complexity index is 1020. The molecule has 0 unspecified atom stereocenters. The SMILES string of the molecule is COc1ccc(N(CC(=O)N[C@H](C)c2ccc(OC)c(OC)c2)S(C)(=O)=O)c(OC)c1. The standard InChI is InChI=1S/C21H28N2O7S/c1-14(15-7-10-18(28-3)20(11-15)30-5)22-21(24)13-23(31(6,25)26)17-9-8-16(27-2)12-19(17)29-4/h7-12,14H,13H2,1-6H3,(H,22,24)/t14-/m1/s1. The second-order valence-corrected chi connectivity index (χ2v) is 8.62. The van der Waals surface area contributed by atoms with E-state index in [1.54, 1.807) is 37.3 Å². The number of carbonyl (C=O) groups excluding carboxylic acids is 1. The Hall–Kier alpha value is -3.14. The fraction of sp³-hybridized carbons (Fsp3) is 0.381. The van der Waals surface area contributed by atoms with Gasteiger partial charge in [-0.3, -0.25) is 9.10 Å². The molecule has 170 valence electrons. The van der Waals surface area contributed by atoms with Crippen molar-refractivity contribution < 1.29 is 32.2 Å². The van der Waals surface area contributed by atoms with Crippen LogP contribution in [-0.4, -0.2) is 55.6 Å². The molecule has 0 bridgehead atoms. The molecule has 9 nitrogen and oxygen atoms in total. The number of anilines is 1. The predicted molar refractivity (Wildman–Crippen MR) is 118 cm³/mol. The van der Waals surface area contributed by atoms with Crippen LogP contribution in [0.3, 0.4) is 0 Å². The van der Waals surface area contributed by atoms with E-state index in [9.17, 15) is 13.2 Å². The molecule has 1 N–H and O–H groups in total. The van der Waals surface area contributed by atoms with Crippen LogP contribution in [0.1, 0.15) is 18.5 Å². The first kappa shape index (κ1) is 24.1. The number of ether oxygens (including phenoxy) is 4. The third kappa shape index (κ3) is 5.94. The number of hydrogen-bond acceptors (Lipinski definition) is 7. The maximum Gasteiger partial charge on any atom is 0.241 e. The van der Waals surface area contributed by atoms with Gasteiger partial charge in [-0.25, -0.2) is 8.42 Å². The van der Waals surface area contributed by atoms with Gasteiger partial charge in [0.05, 0.1) is 46.4 Å². The van der Waals surface area contributed by atoms with Crippen LogP contribution in [0.5, 0.6) is 23.0 Å².